The fourth-order valence-electron chi connectivity index (χ4n) is 2.15. The Hall–Kier alpha value is -2.71. The van der Waals surface area contributed by atoms with Crippen molar-refractivity contribution in [2.24, 2.45) is 0 Å². The van der Waals surface area contributed by atoms with Crippen LogP contribution in [-0.4, -0.2) is 13.4 Å². The molecule has 0 spiro atoms. The molecular weight excluding hydrogens is 384 g/mol. The van der Waals surface area contributed by atoms with Gasteiger partial charge in [-0.2, -0.15) is 0 Å². The van der Waals surface area contributed by atoms with Gasteiger partial charge in [0, 0.05) is 0 Å². The molecule has 3 rings (SSSR count). The molecule has 1 aromatic heterocycles. The Bertz CT molecular complexity index is 1020. The first-order chi connectivity index (χ1) is 12.4. The van der Waals surface area contributed by atoms with Gasteiger partial charge in [-0.3, -0.25) is 4.72 Å². The third kappa shape index (κ3) is 3.92. The molecule has 0 aliphatic rings. The van der Waals surface area contributed by atoms with Crippen LogP contribution in [0.2, 0.25) is 5.02 Å². The van der Waals surface area contributed by atoms with E-state index in [1.54, 1.807) is 12.1 Å². The first-order valence-corrected chi connectivity index (χ1v) is 9.17. The summed E-state index contributed by atoms with van der Waals surface area (Å²) >= 11 is 5.90. The van der Waals surface area contributed by atoms with E-state index >= 15 is 0 Å². The quantitative estimate of drug-likeness (QED) is 0.664. The van der Waals surface area contributed by atoms with Crippen molar-refractivity contribution in [1.82, 2.24) is 4.98 Å². The highest BCUT2D eigenvalue weighted by molar-refractivity contribution is 7.92. The standard InChI is InChI=1S/C17H12ClF2N3O2S/c18-12-4-1-2-7-15(12)26(24,25)23-11-8-9-16(21-10-11)22-17-13(19)5-3-6-14(17)20/h1-10,23H,(H,21,22). The van der Waals surface area contributed by atoms with Crippen LogP contribution in [-0.2, 0) is 10.0 Å². The molecule has 5 nitrogen and oxygen atoms in total. The number of rotatable bonds is 5. The van der Waals surface area contributed by atoms with Gasteiger partial charge in [-0.05, 0) is 36.4 Å². The summed E-state index contributed by atoms with van der Waals surface area (Å²) in [5.74, 6) is -1.39. The van der Waals surface area contributed by atoms with E-state index in [2.05, 4.69) is 15.0 Å². The Labute approximate surface area is 153 Å². The second kappa shape index (κ2) is 7.27. The maximum atomic E-state index is 13.6. The van der Waals surface area contributed by atoms with Crippen molar-refractivity contribution in [3.8, 4) is 0 Å². The van der Waals surface area contributed by atoms with Gasteiger partial charge < -0.3 is 5.32 Å². The first kappa shape index (κ1) is 18.1. The van der Waals surface area contributed by atoms with E-state index in [0.29, 0.717) is 0 Å². The number of aromatic nitrogens is 1. The average Bonchev–Trinajstić information content (AvgIpc) is 2.60. The molecule has 0 aliphatic carbocycles. The minimum atomic E-state index is -3.89. The highest BCUT2D eigenvalue weighted by atomic mass is 35.5. The van der Waals surface area contributed by atoms with Crippen LogP contribution in [0.5, 0.6) is 0 Å². The molecule has 26 heavy (non-hydrogen) atoms. The van der Waals surface area contributed by atoms with E-state index in [4.69, 9.17) is 11.6 Å². The fraction of sp³-hybridized carbons (Fsp3) is 0. The van der Waals surface area contributed by atoms with Crippen LogP contribution in [0.15, 0.2) is 65.7 Å². The highest BCUT2D eigenvalue weighted by Gasteiger charge is 2.17. The maximum absolute atomic E-state index is 13.6. The summed E-state index contributed by atoms with van der Waals surface area (Å²) in [6, 6.07) is 12.3. The largest absolute Gasteiger partial charge is 0.335 e. The van der Waals surface area contributed by atoms with Gasteiger partial charge >= 0.3 is 0 Å². The van der Waals surface area contributed by atoms with Gasteiger partial charge in [-0.25, -0.2) is 22.2 Å². The molecule has 3 aromatic rings. The molecule has 9 heteroatoms. The summed E-state index contributed by atoms with van der Waals surface area (Å²) in [5, 5.41) is 2.60. The van der Waals surface area contributed by atoms with Crippen molar-refractivity contribution in [2.45, 2.75) is 4.90 Å². The molecule has 2 N–H and O–H groups in total. The van der Waals surface area contributed by atoms with Crippen LogP contribution in [0.4, 0.5) is 26.0 Å². The Kier molecular flexibility index (Phi) is 5.06. The van der Waals surface area contributed by atoms with E-state index in [0.717, 1.165) is 12.1 Å². The average molecular weight is 396 g/mol. The van der Waals surface area contributed by atoms with Gasteiger partial charge in [0.05, 0.1) is 16.9 Å². The van der Waals surface area contributed by atoms with Crippen molar-refractivity contribution in [1.29, 1.82) is 0 Å². The number of hydrogen-bond donors (Lipinski definition) is 2. The lowest BCUT2D eigenvalue weighted by Crippen LogP contribution is -2.13. The topological polar surface area (TPSA) is 71.1 Å². The smallest absolute Gasteiger partial charge is 0.263 e. The van der Waals surface area contributed by atoms with Crippen molar-refractivity contribution in [2.75, 3.05) is 10.0 Å². The number of para-hydroxylation sites is 1. The van der Waals surface area contributed by atoms with Gasteiger partial charge in [0.15, 0.2) is 0 Å². The summed E-state index contributed by atoms with van der Waals surface area (Å²) in [6.07, 6.45) is 1.22. The van der Waals surface area contributed by atoms with Gasteiger partial charge in [0.1, 0.15) is 28.0 Å². The summed E-state index contributed by atoms with van der Waals surface area (Å²) in [7, 11) is -3.89. The van der Waals surface area contributed by atoms with Crippen molar-refractivity contribution >= 4 is 38.8 Å². The number of nitrogens with zero attached hydrogens (tertiary/aromatic N) is 1. The summed E-state index contributed by atoms with van der Waals surface area (Å²) in [4.78, 5) is 3.88. The lowest BCUT2D eigenvalue weighted by molar-refractivity contribution is 0.590. The van der Waals surface area contributed by atoms with E-state index in [1.165, 1.54) is 36.5 Å². The molecule has 0 aliphatic heterocycles. The van der Waals surface area contributed by atoms with Crippen molar-refractivity contribution in [3.63, 3.8) is 0 Å². The predicted molar refractivity (Wildman–Crippen MR) is 96.1 cm³/mol. The molecule has 0 saturated heterocycles. The zero-order chi connectivity index (χ0) is 18.7. The molecule has 1 heterocycles. The number of hydrogen-bond acceptors (Lipinski definition) is 4. The SMILES string of the molecule is O=S(=O)(Nc1ccc(Nc2c(F)cccc2F)nc1)c1ccccc1Cl. The van der Waals surface area contributed by atoms with Crippen LogP contribution < -0.4 is 10.0 Å². The van der Waals surface area contributed by atoms with Crippen LogP contribution in [0.25, 0.3) is 0 Å². The molecule has 0 fully saturated rings. The maximum Gasteiger partial charge on any atom is 0.263 e. The minimum Gasteiger partial charge on any atom is -0.335 e. The normalized spacial score (nSPS) is 11.2. The lowest BCUT2D eigenvalue weighted by Gasteiger charge is -2.11. The predicted octanol–water partition coefficient (Wildman–Crippen LogP) is 4.56. The van der Waals surface area contributed by atoms with Crippen LogP contribution in [0, 0.1) is 11.6 Å². The fourth-order valence-corrected chi connectivity index (χ4v) is 3.71. The Morgan fingerprint density at radius 1 is 0.923 bits per heavy atom. The van der Waals surface area contributed by atoms with E-state index in [-0.39, 0.29) is 27.1 Å². The summed E-state index contributed by atoms with van der Waals surface area (Å²) in [6.45, 7) is 0. The monoisotopic (exact) mass is 395 g/mol. The molecule has 0 radical (unpaired) electrons. The second-order valence-electron chi connectivity index (χ2n) is 5.19. The van der Waals surface area contributed by atoms with Gasteiger partial charge in [0.2, 0.25) is 0 Å². The number of sulfonamides is 1. The Balaban J connectivity index is 1.79. The lowest BCUT2D eigenvalue weighted by atomic mass is 10.3. The Morgan fingerprint density at radius 2 is 1.62 bits per heavy atom. The van der Waals surface area contributed by atoms with Gasteiger partial charge in [-0.1, -0.05) is 29.8 Å². The van der Waals surface area contributed by atoms with Crippen LogP contribution in [0.1, 0.15) is 0 Å². The number of nitrogens with one attached hydrogen (secondary N) is 2. The molecule has 0 atom stereocenters. The molecule has 134 valence electrons. The molecule has 0 unspecified atom stereocenters. The Morgan fingerprint density at radius 3 is 2.23 bits per heavy atom. The van der Waals surface area contributed by atoms with Gasteiger partial charge in [0.25, 0.3) is 10.0 Å². The zero-order valence-electron chi connectivity index (χ0n) is 13.1. The second-order valence-corrected chi connectivity index (χ2v) is 7.25. The van der Waals surface area contributed by atoms with Crippen molar-refractivity contribution < 1.29 is 17.2 Å². The minimum absolute atomic E-state index is 0.0719. The number of pyridine rings is 1. The summed E-state index contributed by atoms with van der Waals surface area (Å²) < 4.78 is 54.3. The first-order valence-electron chi connectivity index (χ1n) is 7.31. The van der Waals surface area contributed by atoms with Crippen LogP contribution >= 0.6 is 11.6 Å². The molecule has 2 aromatic carbocycles. The highest BCUT2D eigenvalue weighted by Crippen LogP contribution is 2.25. The summed E-state index contributed by atoms with van der Waals surface area (Å²) in [5.41, 5.74) is -0.172. The van der Waals surface area contributed by atoms with Gasteiger partial charge in [-0.15, -0.1) is 0 Å². The molecule has 0 saturated carbocycles. The van der Waals surface area contributed by atoms with E-state index < -0.39 is 21.7 Å². The molecule has 0 amide bonds. The van der Waals surface area contributed by atoms with E-state index in [1.807, 2.05) is 0 Å². The van der Waals surface area contributed by atoms with Crippen LogP contribution in [0.3, 0.4) is 0 Å². The molecular formula is C17H12ClF2N3O2S. The zero-order valence-corrected chi connectivity index (χ0v) is 14.7. The number of halogens is 3. The third-order valence-corrected chi connectivity index (χ3v) is 5.24. The number of anilines is 3. The third-order valence-electron chi connectivity index (χ3n) is 3.36. The van der Waals surface area contributed by atoms with E-state index in [9.17, 15) is 17.2 Å². The van der Waals surface area contributed by atoms with Crippen molar-refractivity contribution in [3.05, 3.63) is 77.5 Å². The molecule has 0 bridgehead atoms. The number of benzene rings is 2.